The van der Waals surface area contributed by atoms with E-state index in [4.69, 9.17) is 4.42 Å². The fourth-order valence-corrected chi connectivity index (χ4v) is 2.46. The average Bonchev–Trinajstić information content (AvgIpc) is 2.87. The topological polar surface area (TPSA) is 59.5 Å². The first-order chi connectivity index (χ1) is 9.22. The summed E-state index contributed by atoms with van der Waals surface area (Å²) in [5.74, 6) is 0.457. The van der Waals surface area contributed by atoms with E-state index in [0.29, 0.717) is 12.3 Å². The van der Waals surface area contributed by atoms with Gasteiger partial charge in [0.15, 0.2) is 0 Å². The highest BCUT2D eigenvalue weighted by molar-refractivity contribution is 5.29. The van der Waals surface area contributed by atoms with Gasteiger partial charge in [-0.25, -0.2) is 0 Å². The molecule has 1 aromatic carbocycles. The van der Waals surface area contributed by atoms with Gasteiger partial charge in [-0.15, -0.1) is 0 Å². The number of rotatable bonds is 3. The van der Waals surface area contributed by atoms with Gasteiger partial charge in [0.05, 0.1) is 12.6 Å². The maximum absolute atomic E-state index is 10.6. The predicted molar refractivity (Wildman–Crippen MR) is 69.6 cm³/mol. The number of benzene rings is 1. The Balaban J connectivity index is 1.70. The van der Waals surface area contributed by atoms with Crippen LogP contribution in [-0.2, 0) is 19.5 Å². The van der Waals surface area contributed by atoms with E-state index in [9.17, 15) is 10.1 Å². The molecule has 1 aliphatic heterocycles. The van der Waals surface area contributed by atoms with Crippen molar-refractivity contribution < 1.29 is 9.34 Å². The molecule has 0 unspecified atom stereocenters. The molecule has 0 fully saturated rings. The van der Waals surface area contributed by atoms with Crippen molar-refractivity contribution in [2.75, 3.05) is 6.54 Å². The first-order valence-electron chi connectivity index (χ1n) is 6.24. The van der Waals surface area contributed by atoms with E-state index in [1.54, 1.807) is 6.07 Å². The van der Waals surface area contributed by atoms with Crippen LogP contribution in [0.4, 0.5) is 5.88 Å². The molecular formula is C14H14N2O3. The van der Waals surface area contributed by atoms with Crippen LogP contribution < -0.4 is 0 Å². The van der Waals surface area contributed by atoms with E-state index in [0.717, 1.165) is 19.5 Å². The highest BCUT2D eigenvalue weighted by Crippen LogP contribution is 2.22. The molecule has 0 aliphatic carbocycles. The zero-order valence-corrected chi connectivity index (χ0v) is 10.4. The summed E-state index contributed by atoms with van der Waals surface area (Å²) in [6.45, 7) is 2.43. The van der Waals surface area contributed by atoms with E-state index in [1.165, 1.54) is 17.2 Å². The molecule has 0 saturated carbocycles. The summed E-state index contributed by atoms with van der Waals surface area (Å²) in [4.78, 5) is 12.3. The maximum Gasteiger partial charge on any atom is 0.433 e. The molecular weight excluding hydrogens is 244 g/mol. The summed E-state index contributed by atoms with van der Waals surface area (Å²) in [5, 5.41) is 10.6. The van der Waals surface area contributed by atoms with Crippen LogP contribution in [0.2, 0.25) is 0 Å². The third-order valence-electron chi connectivity index (χ3n) is 3.42. The number of nitrogens with zero attached hydrogens (tertiary/aromatic N) is 2. The first-order valence-corrected chi connectivity index (χ1v) is 6.24. The molecule has 0 amide bonds. The van der Waals surface area contributed by atoms with Crippen molar-refractivity contribution in [1.29, 1.82) is 0 Å². The summed E-state index contributed by atoms with van der Waals surface area (Å²) in [7, 11) is 0. The van der Waals surface area contributed by atoms with Crippen LogP contribution in [0, 0.1) is 10.1 Å². The van der Waals surface area contributed by atoms with Gasteiger partial charge in [-0.2, -0.15) is 0 Å². The fraction of sp³-hybridized carbons (Fsp3) is 0.286. The Labute approximate surface area is 110 Å². The normalized spacial score (nSPS) is 15.2. The lowest BCUT2D eigenvalue weighted by Gasteiger charge is -2.27. The highest BCUT2D eigenvalue weighted by Gasteiger charge is 2.18. The summed E-state index contributed by atoms with van der Waals surface area (Å²) in [5.41, 5.74) is 2.72. The third kappa shape index (κ3) is 2.51. The van der Waals surface area contributed by atoms with E-state index in [2.05, 4.69) is 23.1 Å². The van der Waals surface area contributed by atoms with E-state index in [1.807, 2.05) is 6.07 Å². The molecule has 0 bridgehead atoms. The third-order valence-corrected chi connectivity index (χ3v) is 3.42. The van der Waals surface area contributed by atoms with Crippen LogP contribution >= 0.6 is 0 Å². The Kier molecular flexibility index (Phi) is 3.05. The van der Waals surface area contributed by atoms with Gasteiger partial charge in [0.2, 0.25) is 0 Å². The molecule has 0 atom stereocenters. The lowest BCUT2D eigenvalue weighted by atomic mass is 10.00. The van der Waals surface area contributed by atoms with Crippen molar-refractivity contribution in [3.05, 3.63) is 63.4 Å². The van der Waals surface area contributed by atoms with E-state index >= 15 is 0 Å². The van der Waals surface area contributed by atoms with Crippen molar-refractivity contribution in [3.63, 3.8) is 0 Å². The summed E-state index contributed by atoms with van der Waals surface area (Å²) >= 11 is 0. The Bertz CT molecular complexity index is 606. The molecule has 2 aromatic rings. The average molecular weight is 258 g/mol. The number of fused-ring (bicyclic) bond motifs is 1. The largest absolute Gasteiger partial charge is 0.433 e. The molecule has 5 nitrogen and oxygen atoms in total. The van der Waals surface area contributed by atoms with Crippen molar-refractivity contribution >= 4 is 5.88 Å². The molecule has 1 aliphatic rings. The zero-order valence-electron chi connectivity index (χ0n) is 10.4. The molecule has 0 radical (unpaired) electrons. The second kappa shape index (κ2) is 4.85. The number of furan rings is 1. The van der Waals surface area contributed by atoms with Crippen molar-refractivity contribution in [2.45, 2.75) is 19.5 Å². The fourth-order valence-electron chi connectivity index (χ4n) is 2.46. The molecule has 5 heteroatoms. The van der Waals surface area contributed by atoms with E-state index < -0.39 is 4.92 Å². The smallest absolute Gasteiger partial charge is 0.404 e. The predicted octanol–water partition coefficient (Wildman–Crippen LogP) is 2.75. The van der Waals surface area contributed by atoms with Gasteiger partial charge in [-0.3, -0.25) is 15.0 Å². The van der Waals surface area contributed by atoms with Crippen molar-refractivity contribution in [3.8, 4) is 0 Å². The standard InChI is InChI=1S/C14H14N2O3/c17-16(18)14-6-5-13(19-14)10-15-8-7-11-3-1-2-4-12(11)9-15/h1-6H,7-10H2. The van der Waals surface area contributed by atoms with Crippen LogP contribution in [0.1, 0.15) is 16.9 Å². The molecule has 2 heterocycles. The monoisotopic (exact) mass is 258 g/mol. The lowest BCUT2D eigenvalue weighted by molar-refractivity contribution is -0.402. The zero-order chi connectivity index (χ0) is 13.2. The molecule has 0 saturated heterocycles. The van der Waals surface area contributed by atoms with Crippen molar-refractivity contribution in [2.24, 2.45) is 0 Å². The van der Waals surface area contributed by atoms with Crippen LogP contribution in [-0.4, -0.2) is 16.4 Å². The van der Waals surface area contributed by atoms with Gasteiger partial charge in [0.1, 0.15) is 10.7 Å². The molecule has 1 aromatic heterocycles. The minimum Gasteiger partial charge on any atom is -0.404 e. The minimum atomic E-state index is -0.505. The Hall–Kier alpha value is -2.14. The van der Waals surface area contributed by atoms with Crippen molar-refractivity contribution in [1.82, 2.24) is 4.90 Å². The SMILES string of the molecule is O=[N+]([O-])c1ccc(CN2CCc3ccccc3C2)o1. The van der Waals surface area contributed by atoms with Crippen LogP contribution in [0.25, 0.3) is 0 Å². The van der Waals surface area contributed by atoms with Crippen LogP contribution in [0.15, 0.2) is 40.8 Å². The van der Waals surface area contributed by atoms with Gasteiger partial charge in [0, 0.05) is 13.1 Å². The minimum absolute atomic E-state index is 0.188. The van der Waals surface area contributed by atoms with Gasteiger partial charge in [0.25, 0.3) is 0 Å². The highest BCUT2D eigenvalue weighted by atomic mass is 16.6. The van der Waals surface area contributed by atoms with Gasteiger partial charge in [-0.05, 0) is 23.6 Å². The Morgan fingerprint density at radius 3 is 2.74 bits per heavy atom. The van der Waals surface area contributed by atoms with Gasteiger partial charge < -0.3 is 4.42 Å². The first kappa shape index (κ1) is 11.9. The summed E-state index contributed by atoms with van der Waals surface area (Å²) in [6, 6.07) is 11.5. The number of hydrogen-bond acceptors (Lipinski definition) is 4. The van der Waals surface area contributed by atoms with Gasteiger partial charge >= 0.3 is 5.88 Å². The molecule has 98 valence electrons. The number of nitro groups is 1. The van der Waals surface area contributed by atoms with Crippen LogP contribution in [0.5, 0.6) is 0 Å². The molecule has 19 heavy (non-hydrogen) atoms. The lowest BCUT2D eigenvalue weighted by Crippen LogP contribution is -2.29. The molecule has 0 N–H and O–H groups in total. The summed E-state index contributed by atoms with van der Waals surface area (Å²) < 4.78 is 5.20. The molecule has 3 rings (SSSR count). The Morgan fingerprint density at radius 2 is 2.00 bits per heavy atom. The number of hydrogen-bond donors (Lipinski definition) is 0. The quantitative estimate of drug-likeness (QED) is 0.627. The second-order valence-electron chi connectivity index (χ2n) is 4.73. The van der Waals surface area contributed by atoms with Gasteiger partial charge in [-0.1, -0.05) is 24.3 Å². The van der Waals surface area contributed by atoms with E-state index in [-0.39, 0.29) is 5.88 Å². The van der Waals surface area contributed by atoms with Crippen LogP contribution in [0.3, 0.4) is 0 Å². The Morgan fingerprint density at radius 1 is 1.21 bits per heavy atom. The second-order valence-corrected chi connectivity index (χ2v) is 4.73. The maximum atomic E-state index is 10.6. The summed E-state index contributed by atoms with van der Waals surface area (Å²) in [6.07, 6.45) is 1.01. The molecule has 0 spiro atoms.